The highest BCUT2D eigenvalue weighted by Gasteiger charge is 2.44. The molecule has 1 atom stereocenters. The summed E-state index contributed by atoms with van der Waals surface area (Å²) in [5.41, 5.74) is 3.05. The zero-order valence-corrected chi connectivity index (χ0v) is 16.2. The fraction of sp³-hybridized carbons (Fsp3) is 0.571. The lowest BCUT2D eigenvalue weighted by atomic mass is 9.64. The Balaban J connectivity index is 1.34. The average Bonchev–Trinajstić information content (AvgIpc) is 3.19. The number of aliphatic hydroxyl groups excluding tert-OH is 1. The van der Waals surface area contributed by atoms with Crippen LogP contribution in [-0.2, 0) is 13.1 Å². The number of aromatic nitrogens is 1. The summed E-state index contributed by atoms with van der Waals surface area (Å²) in [6.07, 6.45) is 7.47. The molecule has 140 valence electrons. The third-order valence-corrected chi connectivity index (χ3v) is 7.19. The van der Waals surface area contributed by atoms with Gasteiger partial charge in [0.2, 0.25) is 0 Å². The first kappa shape index (κ1) is 18.1. The SMILES string of the molecule is OC[C@H]1CN(Cc2ccsc2)CCC12CCN(Cc1cccnc1)CC2. The van der Waals surface area contributed by atoms with E-state index in [2.05, 4.69) is 37.7 Å². The van der Waals surface area contributed by atoms with Gasteiger partial charge >= 0.3 is 0 Å². The molecule has 2 aliphatic heterocycles. The molecule has 2 aromatic rings. The molecule has 0 amide bonds. The molecule has 2 aliphatic rings. The van der Waals surface area contributed by atoms with Gasteiger partial charge in [-0.3, -0.25) is 14.8 Å². The predicted octanol–water partition coefficient (Wildman–Crippen LogP) is 3.24. The summed E-state index contributed by atoms with van der Waals surface area (Å²) >= 11 is 1.77. The molecule has 0 saturated carbocycles. The Morgan fingerprint density at radius 2 is 1.85 bits per heavy atom. The van der Waals surface area contributed by atoms with Gasteiger partial charge in [0.1, 0.15) is 0 Å². The smallest absolute Gasteiger partial charge is 0.0476 e. The van der Waals surface area contributed by atoms with Gasteiger partial charge in [-0.05, 0) is 78.3 Å². The topological polar surface area (TPSA) is 39.6 Å². The van der Waals surface area contributed by atoms with Crippen molar-refractivity contribution in [3.63, 3.8) is 0 Å². The summed E-state index contributed by atoms with van der Waals surface area (Å²) in [4.78, 5) is 9.32. The Bertz CT molecular complexity index is 668. The molecule has 0 unspecified atom stereocenters. The minimum atomic E-state index is 0.322. The molecular weight excluding hydrogens is 342 g/mol. The molecule has 1 N–H and O–H groups in total. The van der Waals surface area contributed by atoms with Crippen LogP contribution in [-0.4, -0.2) is 52.7 Å². The highest BCUT2D eigenvalue weighted by Crippen LogP contribution is 2.45. The summed E-state index contributed by atoms with van der Waals surface area (Å²) in [6, 6.07) is 6.41. The largest absolute Gasteiger partial charge is 0.396 e. The second-order valence-corrected chi connectivity index (χ2v) is 8.78. The fourth-order valence-corrected chi connectivity index (χ4v) is 5.44. The van der Waals surface area contributed by atoms with Gasteiger partial charge in [-0.1, -0.05) is 6.07 Å². The van der Waals surface area contributed by atoms with E-state index in [4.69, 9.17) is 0 Å². The lowest BCUT2D eigenvalue weighted by Crippen LogP contribution is -2.53. The van der Waals surface area contributed by atoms with Crippen molar-refractivity contribution in [1.29, 1.82) is 0 Å². The molecule has 26 heavy (non-hydrogen) atoms. The van der Waals surface area contributed by atoms with Crippen LogP contribution in [0, 0.1) is 11.3 Å². The van der Waals surface area contributed by atoms with Gasteiger partial charge < -0.3 is 5.11 Å². The summed E-state index contributed by atoms with van der Waals surface area (Å²) < 4.78 is 0. The van der Waals surface area contributed by atoms with Crippen LogP contribution in [0.2, 0.25) is 0 Å². The third kappa shape index (κ3) is 4.01. The number of piperidine rings is 2. The highest BCUT2D eigenvalue weighted by atomic mass is 32.1. The van der Waals surface area contributed by atoms with E-state index >= 15 is 0 Å². The molecule has 4 rings (SSSR count). The van der Waals surface area contributed by atoms with Crippen LogP contribution in [0.3, 0.4) is 0 Å². The number of aliphatic hydroxyl groups is 1. The maximum Gasteiger partial charge on any atom is 0.0476 e. The molecule has 0 aliphatic carbocycles. The quantitative estimate of drug-likeness (QED) is 0.876. The zero-order chi connectivity index (χ0) is 17.8. The third-order valence-electron chi connectivity index (χ3n) is 6.46. The Kier molecular flexibility index (Phi) is 5.69. The first-order valence-corrected chi connectivity index (χ1v) is 10.7. The maximum absolute atomic E-state index is 10.1. The molecule has 4 nitrogen and oxygen atoms in total. The van der Waals surface area contributed by atoms with Crippen molar-refractivity contribution in [2.24, 2.45) is 11.3 Å². The molecule has 4 heterocycles. The van der Waals surface area contributed by atoms with Gasteiger partial charge in [-0.15, -0.1) is 0 Å². The van der Waals surface area contributed by atoms with Crippen LogP contribution >= 0.6 is 11.3 Å². The van der Waals surface area contributed by atoms with Crippen LogP contribution in [0.5, 0.6) is 0 Å². The first-order valence-electron chi connectivity index (χ1n) is 9.73. The molecule has 5 heteroatoms. The molecule has 0 radical (unpaired) electrons. The predicted molar refractivity (Wildman–Crippen MR) is 106 cm³/mol. The van der Waals surface area contributed by atoms with E-state index in [0.717, 1.165) is 39.3 Å². The minimum Gasteiger partial charge on any atom is -0.396 e. The summed E-state index contributed by atoms with van der Waals surface area (Å²) in [5, 5.41) is 14.5. The van der Waals surface area contributed by atoms with Gasteiger partial charge in [0.05, 0.1) is 0 Å². The van der Waals surface area contributed by atoms with Crippen molar-refractivity contribution in [2.75, 3.05) is 32.8 Å². The number of rotatable bonds is 5. The molecule has 2 aromatic heterocycles. The van der Waals surface area contributed by atoms with E-state index in [1.807, 2.05) is 18.5 Å². The summed E-state index contributed by atoms with van der Waals surface area (Å²) in [7, 11) is 0. The molecule has 0 bridgehead atoms. The van der Waals surface area contributed by atoms with Gasteiger partial charge in [0.25, 0.3) is 0 Å². The first-order chi connectivity index (χ1) is 12.8. The van der Waals surface area contributed by atoms with Crippen LogP contribution in [0.4, 0.5) is 0 Å². The van der Waals surface area contributed by atoms with Crippen molar-refractivity contribution in [1.82, 2.24) is 14.8 Å². The average molecular weight is 372 g/mol. The second kappa shape index (κ2) is 8.17. The monoisotopic (exact) mass is 371 g/mol. The lowest BCUT2D eigenvalue weighted by Gasteiger charge is -2.51. The van der Waals surface area contributed by atoms with Gasteiger partial charge in [-0.25, -0.2) is 0 Å². The molecule has 0 aromatic carbocycles. The molecule has 2 fully saturated rings. The minimum absolute atomic E-state index is 0.322. The Labute approximate surface area is 160 Å². The van der Waals surface area contributed by atoms with Crippen molar-refractivity contribution < 1.29 is 5.11 Å². The van der Waals surface area contributed by atoms with E-state index < -0.39 is 0 Å². The van der Waals surface area contributed by atoms with E-state index in [9.17, 15) is 5.11 Å². The van der Waals surface area contributed by atoms with E-state index in [1.54, 1.807) is 11.3 Å². The van der Waals surface area contributed by atoms with Crippen LogP contribution < -0.4 is 0 Å². The Morgan fingerprint density at radius 3 is 2.50 bits per heavy atom. The number of hydrogen-bond donors (Lipinski definition) is 1. The Morgan fingerprint density at radius 1 is 1.08 bits per heavy atom. The maximum atomic E-state index is 10.1. The van der Waals surface area contributed by atoms with E-state index in [-0.39, 0.29) is 0 Å². The molecular formula is C21H29N3OS. The summed E-state index contributed by atoms with van der Waals surface area (Å²) in [5.74, 6) is 0.412. The number of thiophene rings is 1. The van der Waals surface area contributed by atoms with Crippen LogP contribution in [0.1, 0.15) is 30.4 Å². The van der Waals surface area contributed by atoms with Crippen molar-refractivity contribution in [3.8, 4) is 0 Å². The van der Waals surface area contributed by atoms with Gasteiger partial charge in [0, 0.05) is 44.6 Å². The van der Waals surface area contributed by atoms with E-state index in [0.29, 0.717) is 17.9 Å². The molecule has 1 spiro atoms. The number of likely N-dealkylation sites (tertiary alicyclic amines) is 2. The van der Waals surface area contributed by atoms with E-state index in [1.165, 1.54) is 30.4 Å². The lowest BCUT2D eigenvalue weighted by molar-refractivity contribution is -0.0449. The number of nitrogens with zero attached hydrogens (tertiary/aromatic N) is 3. The zero-order valence-electron chi connectivity index (χ0n) is 15.4. The number of hydrogen-bond acceptors (Lipinski definition) is 5. The second-order valence-electron chi connectivity index (χ2n) is 8.00. The highest BCUT2D eigenvalue weighted by molar-refractivity contribution is 7.07. The van der Waals surface area contributed by atoms with Gasteiger partial charge in [-0.2, -0.15) is 11.3 Å². The number of pyridine rings is 1. The van der Waals surface area contributed by atoms with Crippen molar-refractivity contribution in [2.45, 2.75) is 32.4 Å². The van der Waals surface area contributed by atoms with Crippen molar-refractivity contribution in [3.05, 3.63) is 52.5 Å². The van der Waals surface area contributed by atoms with Crippen LogP contribution in [0.15, 0.2) is 41.4 Å². The van der Waals surface area contributed by atoms with Crippen LogP contribution in [0.25, 0.3) is 0 Å². The Hall–Kier alpha value is -1.27. The molecule has 2 saturated heterocycles. The van der Waals surface area contributed by atoms with Gasteiger partial charge in [0.15, 0.2) is 0 Å². The standard InChI is InChI=1S/C21H29N3OS/c25-16-20-15-24(14-19-3-11-26-17-19)10-6-21(20)4-8-23(9-5-21)13-18-2-1-7-22-12-18/h1-3,7,11-12,17,20,25H,4-6,8-10,13-16H2/t20-/m1/s1. The summed E-state index contributed by atoms with van der Waals surface area (Å²) in [6.45, 7) is 6.82. The van der Waals surface area contributed by atoms with Crippen molar-refractivity contribution >= 4 is 11.3 Å². The normalized spacial score (nSPS) is 24.1. The fourth-order valence-electron chi connectivity index (χ4n) is 4.78.